The number of anilines is 1. The average molecular weight is 1030 g/mol. The highest BCUT2D eigenvalue weighted by Crippen LogP contribution is 2.65. The van der Waals surface area contributed by atoms with Gasteiger partial charge in [-0.2, -0.15) is 5.10 Å². The second kappa shape index (κ2) is 24.4. The number of likely N-dealkylation sites (tertiary alicyclic amines) is 1. The lowest BCUT2D eigenvalue weighted by Gasteiger charge is -2.62. The number of carboxylic acid groups (broad SMARTS) is 1. The number of piperidine rings is 1. The molecule has 2 aliphatic heterocycles. The van der Waals surface area contributed by atoms with Crippen molar-refractivity contribution in [3.05, 3.63) is 118 Å². The van der Waals surface area contributed by atoms with Crippen LogP contribution in [0.4, 0.5) is 5.69 Å². The van der Waals surface area contributed by atoms with Crippen LogP contribution in [-0.2, 0) is 45.6 Å². The first-order valence-electron chi connectivity index (χ1n) is 26.4. The number of aromatic carboxylic acids is 1. The van der Waals surface area contributed by atoms with Crippen molar-refractivity contribution in [2.45, 2.75) is 114 Å². The maximum atomic E-state index is 13.5. The Bertz CT molecular complexity index is 2780. The second-order valence-corrected chi connectivity index (χ2v) is 19.9. The van der Waals surface area contributed by atoms with Gasteiger partial charge >= 0.3 is 11.9 Å². The van der Waals surface area contributed by atoms with Gasteiger partial charge in [-0.1, -0.05) is 30.2 Å². The topological polar surface area (TPSA) is 234 Å². The number of benzene rings is 3. The van der Waals surface area contributed by atoms with Gasteiger partial charge in [0.2, 0.25) is 0 Å². The molecule has 2 aliphatic carbocycles. The first kappa shape index (κ1) is 53.2. The summed E-state index contributed by atoms with van der Waals surface area (Å²) in [5, 5.41) is 44.5. The number of hydrogen-bond acceptors (Lipinski definition) is 16. The number of aryl methyl sites for hydroxylation is 2. The van der Waals surface area contributed by atoms with E-state index in [-0.39, 0.29) is 29.6 Å². The molecule has 5 N–H and O–H groups in total. The third-order valence-corrected chi connectivity index (χ3v) is 15.1. The lowest BCUT2D eigenvalue weighted by atomic mass is 9.49. The third kappa shape index (κ3) is 11.9. The van der Waals surface area contributed by atoms with Crippen LogP contribution < -0.4 is 29.6 Å². The highest BCUT2D eigenvalue weighted by Gasteiger charge is 2.73. The first-order valence-corrected chi connectivity index (χ1v) is 26.4. The van der Waals surface area contributed by atoms with Crippen LogP contribution in [0.25, 0.3) is 0 Å². The van der Waals surface area contributed by atoms with Crippen LogP contribution in [0.1, 0.15) is 106 Å². The molecule has 1 saturated heterocycles. The van der Waals surface area contributed by atoms with Gasteiger partial charge in [0.05, 0.1) is 86.8 Å². The lowest BCUT2D eigenvalue weighted by Crippen LogP contribution is -2.76. The molecular weight excluding hydrogens is 961 g/mol. The van der Waals surface area contributed by atoms with E-state index >= 15 is 0 Å². The number of carboxylic acids is 1. The molecule has 5 aromatic rings. The Morgan fingerprint density at radius 3 is 2.45 bits per heavy atom. The summed E-state index contributed by atoms with van der Waals surface area (Å²) < 4.78 is 37.4. The maximum absolute atomic E-state index is 13.5. The number of Topliss-reactive ketones (excluding diaryl/α,β-unsaturated/α-hetero) is 1. The Hall–Kier alpha value is -6.64. The van der Waals surface area contributed by atoms with Crippen molar-refractivity contribution in [2.24, 2.45) is 0 Å². The predicted molar refractivity (Wildman–Crippen MR) is 278 cm³/mol. The first-order chi connectivity index (χ1) is 36.5. The smallest absolute Gasteiger partial charge is 0.343 e. The number of carbonyl (C=O) groups is 3. The zero-order valence-corrected chi connectivity index (χ0v) is 43.1. The van der Waals surface area contributed by atoms with Crippen LogP contribution in [0.15, 0.2) is 73.4 Å². The zero-order valence-electron chi connectivity index (χ0n) is 43.1. The SMILES string of the molecule is C=CCN1CC[C@]23c4c5ccc(OC(=O)c6ccc(NCc7cn(CCOCCOCCNCCCCCCOc8cc(OCCCc9c(C)n[nH]c9C)cc(C(=O)O)c8)nn7)cc6)c4O[C@H]2C(=O)CC[C@@]3(O)C1C5. The molecular formula is C56H70N8O11. The zero-order chi connectivity index (χ0) is 52.4. The van der Waals surface area contributed by atoms with Gasteiger partial charge in [-0.3, -0.25) is 14.8 Å². The van der Waals surface area contributed by atoms with Crippen molar-refractivity contribution in [2.75, 3.05) is 71.1 Å². The van der Waals surface area contributed by atoms with E-state index < -0.39 is 29.1 Å². The molecule has 2 fully saturated rings. The number of aromatic nitrogens is 5. The number of rotatable bonds is 30. The largest absolute Gasteiger partial charge is 0.493 e. The Kier molecular flexibility index (Phi) is 17.3. The fraction of sp³-hybridized carbons (Fsp3) is 0.500. The van der Waals surface area contributed by atoms with E-state index in [1.807, 2.05) is 32.2 Å². The van der Waals surface area contributed by atoms with Gasteiger partial charge in [0, 0.05) is 55.1 Å². The molecule has 1 unspecified atom stereocenters. The average Bonchev–Trinajstić information content (AvgIpc) is 4.14. The van der Waals surface area contributed by atoms with Crippen LogP contribution in [-0.4, -0.2) is 142 Å². The van der Waals surface area contributed by atoms with Crippen molar-refractivity contribution in [1.82, 2.24) is 35.4 Å². The standard InChI is InChI=1S/C56H70N8O11/c1-4-22-63-23-19-55-50-40-13-16-48(51(50)75-52(55)47(65)17-18-56(55,69)49(63)33-40)74-54(68)39-11-14-42(15-12-39)58-35-43-36-64(62-61-43)24-28-71-30-29-70-27-21-57-20-7-5-6-8-25-72-44-31-41(53(66)67)32-45(34-44)73-26-9-10-46-37(2)59-60-38(46)3/h4,11-16,31-32,34,36,49,52,57-58,69H,1,5-10,17-30,33,35H2,2-3H3,(H,59,60)(H,66,67)/t49?,52-,55-,56+/m0/s1. The molecule has 2 bridgehead atoms. The van der Waals surface area contributed by atoms with Gasteiger partial charge in [-0.15, -0.1) is 11.7 Å². The fourth-order valence-corrected chi connectivity index (χ4v) is 11.4. The fourth-order valence-electron chi connectivity index (χ4n) is 11.4. The minimum Gasteiger partial charge on any atom is -0.493 e. The Morgan fingerprint density at radius 2 is 1.69 bits per heavy atom. The lowest BCUT2D eigenvalue weighted by molar-refractivity contribution is -0.187. The third-order valence-electron chi connectivity index (χ3n) is 15.1. The molecule has 75 heavy (non-hydrogen) atoms. The summed E-state index contributed by atoms with van der Waals surface area (Å²) >= 11 is 0. The molecule has 1 spiro atoms. The summed E-state index contributed by atoms with van der Waals surface area (Å²) in [4.78, 5) is 40.9. The molecule has 9 rings (SSSR count). The maximum Gasteiger partial charge on any atom is 0.343 e. The quantitative estimate of drug-likeness (QED) is 0.0146. The minimum absolute atomic E-state index is 0.0255. The van der Waals surface area contributed by atoms with Crippen molar-refractivity contribution in [3.63, 3.8) is 0 Å². The molecule has 2 aromatic heterocycles. The number of unbranched alkanes of at least 4 members (excludes halogenated alkanes) is 3. The molecule has 0 amide bonds. The Labute approximate surface area is 437 Å². The van der Waals surface area contributed by atoms with Crippen molar-refractivity contribution < 1.29 is 53.0 Å². The van der Waals surface area contributed by atoms with E-state index in [1.54, 1.807) is 41.1 Å². The van der Waals surface area contributed by atoms with Gasteiger partial charge in [-0.05, 0) is 119 Å². The number of aromatic amines is 1. The van der Waals surface area contributed by atoms with Gasteiger partial charge in [0.1, 0.15) is 17.2 Å². The molecule has 4 heterocycles. The van der Waals surface area contributed by atoms with E-state index in [4.69, 9.17) is 28.4 Å². The van der Waals surface area contributed by atoms with E-state index in [1.165, 1.54) is 17.7 Å². The number of hydrogen-bond donors (Lipinski definition) is 5. The molecule has 3 aromatic carbocycles. The summed E-state index contributed by atoms with van der Waals surface area (Å²) in [5.41, 5.74) is 5.08. The van der Waals surface area contributed by atoms with E-state index in [2.05, 4.69) is 42.6 Å². The molecule has 0 radical (unpaired) electrons. The van der Waals surface area contributed by atoms with Gasteiger partial charge in [-0.25, -0.2) is 14.3 Å². The molecule has 19 nitrogen and oxygen atoms in total. The van der Waals surface area contributed by atoms with Gasteiger partial charge in [0.25, 0.3) is 0 Å². The molecule has 19 heteroatoms. The van der Waals surface area contributed by atoms with Crippen molar-refractivity contribution in [3.8, 4) is 23.0 Å². The van der Waals surface area contributed by atoms with Crippen LogP contribution >= 0.6 is 0 Å². The molecule has 400 valence electrons. The molecule has 1 saturated carbocycles. The number of nitrogens with zero attached hydrogens (tertiary/aromatic N) is 5. The summed E-state index contributed by atoms with van der Waals surface area (Å²) in [5.74, 6) is 0.0321. The van der Waals surface area contributed by atoms with Gasteiger partial charge < -0.3 is 49.3 Å². The Balaban J connectivity index is 0.601. The summed E-state index contributed by atoms with van der Waals surface area (Å²) in [6, 6.07) is 15.3. The van der Waals surface area contributed by atoms with Gasteiger partial charge in [0.15, 0.2) is 23.4 Å². The van der Waals surface area contributed by atoms with E-state index in [9.17, 15) is 24.6 Å². The van der Waals surface area contributed by atoms with Crippen molar-refractivity contribution in [1.29, 1.82) is 0 Å². The van der Waals surface area contributed by atoms with Crippen molar-refractivity contribution >= 4 is 23.4 Å². The summed E-state index contributed by atoms with van der Waals surface area (Å²) in [7, 11) is 0. The number of H-pyrrole nitrogens is 1. The van der Waals surface area contributed by atoms with Crippen LogP contribution in [0.5, 0.6) is 23.0 Å². The highest BCUT2D eigenvalue weighted by atomic mass is 16.6. The second-order valence-electron chi connectivity index (χ2n) is 19.9. The molecule has 4 aliphatic rings. The number of ether oxygens (including phenoxy) is 6. The predicted octanol–water partition coefficient (Wildman–Crippen LogP) is 6.33. The number of carbonyl (C=O) groups excluding carboxylic acids is 2. The number of nitrogens with one attached hydrogen (secondary N) is 3. The van der Waals surface area contributed by atoms with E-state index in [0.29, 0.717) is 108 Å². The van der Waals surface area contributed by atoms with Crippen LogP contribution in [0.3, 0.4) is 0 Å². The number of ketones is 1. The van der Waals surface area contributed by atoms with Crippen LogP contribution in [0, 0.1) is 13.8 Å². The van der Waals surface area contributed by atoms with Crippen LogP contribution in [0.2, 0.25) is 0 Å². The highest BCUT2D eigenvalue weighted by molar-refractivity contribution is 5.93. The number of esters is 1. The number of aliphatic hydroxyl groups is 1. The monoisotopic (exact) mass is 1030 g/mol. The minimum atomic E-state index is -1.14. The van der Waals surface area contributed by atoms with E-state index in [0.717, 1.165) is 85.5 Å². The Morgan fingerprint density at radius 1 is 0.920 bits per heavy atom. The molecule has 4 atom stereocenters. The normalized spacial score (nSPS) is 20.3. The summed E-state index contributed by atoms with van der Waals surface area (Å²) in [6.45, 7) is 14.9. The summed E-state index contributed by atoms with van der Waals surface area (Å²) in [6.07, 6.45) is 10.2.